The molecule has 0 unspecified atom stereocenters. The molecule has 0 spiro atoms. The molecule has 0 heterocycles. The molecule has 0 aromatic rings. The number of ether oxygens (including phenoxy) is 1. The molecule has 0 radical (unpaired) electrons. The highest BCUT2D eigenvalue weighted by Crippen LogP contribution is 2.04. The third-order valence-electron chi connectivity index (χ3n) is 3.20. The summed E-state index contributed by atoms with van der Waals surface area (Å²) in [5.41, 5.74) is 0. The number of rotatable bonds is 10. The summed E-state index contributed by atoms with van der Waals surface area (Å²) in [6, 6.07) is 0. The molecule has 0 aromatic carbocycles. The van der Waals surface area contributed by atoms with E-state index < -0.39 is 0 Å². The quantitative estimate of drug-likeness (QED) is 0.323. The van der Waals surface area contributed by atoms with Crippen molar-refractivity contribution in [3.05, 3.63) is 12.7 Å². The van der Waals surface area contributed by atoms with Gasteiger partial charge in [-0.25, -0.2) is 0 Å². The zero-order valence-electron chi connectivity index (χ0n) is 12.5. The van der Waals surface area contributed by atoms with E-state index in [0.717, 1.165) is 35.3 Å². The van der Waals surface area contributed by atoms with Gasteiger partial charge in [0.1, 0.15) is 6.54 Å². The van der Waals surface area contributed by atoms with Crippen molar-refractivity contribution in [2.75, 3.05) is 67.6 Å². The van der Waals surface area contributed by atoms with Crippen LogP contribution in [0.4, 0.5) is 0 Å². The summed E-state index contributed by atoms with van der Waals surface area (Å²) in [6.07, 6.45) is 3.26. The molecular formula is C14H32N2O+2. The van der Waals surface area contributed by atoms with Crippen LogP contribution in [0.5, 0.6) is 0 Å². The van der Waals surface area contributed by atoms with Crippen LogP contribution in [0.2, 0.25) is 0 Å². The van der Waals surface area contributed by atoms with Gasteiger partial charge in [-0.2, -0.15) is 0 Å². The Bertz CT molecular complexity index is 212. The first kappa shape index (κ1) is 16.6. The third-order valence-corrected chi connectivity index (χ3v) is 3.20. The van der Waals surface area contributed by atoms with Gasteiger partial charge in [-0.1, -0.05) is 6.58 Å². The van der Waals surface area contributed by atoms with Crippen LogP contribution in [-0.2, 0) is 4.74 Å². The summed E-state index contributed by atoms with van der Waals surface area (Å²) in [6.45, 7) is 12.1. The lowest BCUT2D eigenvalue weighted by atomic mass is 10.3. The molecule has 0 N–H and O–H groups in total. The normalized spacial score (nSPS) is 12.8. The molecule has 3 nitrogen and oxygen atoms in total. The molecule has 0 rings (SSSR count). The van der Waals surface area contributed by atoms with Crippen LogP contribution in [0.3, 0.4) is 0 Å². The Balaban J connectivity index is 3.81. The lowest BCUT2D eigenvalue weighted by Crippen LogP contribution is -2.46. The highest BCUT2D eigenvalue weighted by molar-refractivity contribution is 4.64. The Kier molecular flexibility index (Phi) is 7.68. The van der Waals surface area contributed by atoms with Crippen LogP contribution in [0.15, 0.2) is 12.7 Å². The molecule has 0 fully saturated rings. The van der Waals surface area contributed by atoms with E-state index in [0.29, 0.717) is 0 Å². The Hall–Kier alpha value is -0.380. The molecule has 0 amide bonds. The first-order valence-corrected chi connectivity index (χ1v) is 6.65. The maximum Gasteiger partial charge on any atom is 0.102 e. The number of quaternary nitrogens is 2. The van der Waals surface area contributed by atoms with Gasteiger partial charge in [-0.15, -0.1) is 0 Å². The summed E-state index contributed by atoms with van der Waals surface area (Å²) < 4.78 is 7.51. The average molecular weight is 244 g/mol. The Morgan fingerprint density at radius 3 is 2.12 bits per heavy atom. The van der Waals surface area contributed by atoms with Gasteiger partial charge in [0, 0.05) is 13.0 Å². The molecular weight excluding hydrogens is 212 g/mol. The van der Waals surface area contributed by atoms with Crippen molar-refractivity contribution >= 4 is 0 Å². The molecule has 0 aliphatic carbocycles. The van der Waals surface area contributed by atoms with Crippen LogP contribution in [0.1, 0.15) is 13.3 Å². The predicted molar refractivity (Wildman–Crippen MR) is 75.0 cm³/mol. The van der Waals surface area contributed by atoms with E-state index in [9.17, 15) is 0 Å². The topological polar surface area (TPSA) is 9.23 Å². The van der Waals surface area contributed by atoms with Crippen LogP contribution in [0, 0.1) is 0 Å². The van der Waals surface area contributed by atoms with E-state index in [1.165, 1.54) is 19.5 Å². The standard InChI is InChI=1S/C14H32N2O/c1-7-10-15(3,4)11-9-12-16(5,6)13-14-17-8-2/h7H,1,8-14H2,2-6H3/q+2. The summed E-state index contributed by atoms with van der Waals surface area (Å²) in [5.74, 6) is 0. The SMILES string of the molecule is C=CC[N+](C)(C)CCC[N+](C)(C)CCOCC. The van der Waals surface area contributed by atoms with E-state index in [-0.39, 0.29) is 0 Å². The predicted octanol–water partition coefficient (Wildman–Crippen LogP) is 1.75. The molecule has 0 saturated heterocycles. The molecule has 0 atom stereocenters. The fraction of sp³-hybridized carbons (Fsp3) is 0.857. The summed E-state index contributed by atoms with van der Waals surface area (Å²) in [4.78, 5) is 0. The van der Waals surface area contributed by atoms with Gasteiger partial charge >= 0.3 is 0 Å². The van der Waals surface area contributed by atoms with Crippen molar-refractivity contribution < 1.29 is 13.7 Å². The highest BCUT2D eigenvalue weighted by Gasteiger charge is 2.18. The van der Waals surface area contributed by atoms with Crippen molar-refractivity contribution in [3.63, 3.8) is 0 Å². The first-order chi connectivity index (χ1) is 7.83. The van der Waals surface area contributed by atoms with E-state index in [1.54, 1.807) is 0 Å². The molecule has 0 aliphatic rings. The molecule has 0 bridgehead atoms. The molecule has 0 saturated carbocycles. The molecule has 3 heteroatoms. The number of hydrogen-bond donors (Lipinski definition) is 0. The van der Waals surface area contributed by atoms with Crippen LogP contribution in [0.25, 0.3) is 0 Å². The minimum Gasteiger partial charge on any atom is -0.376 e. The van der Waals surface area contributed by atoms with E-state index >= 15 is 0 Å². The van der Waals surface area contributed by atoms with E-state index in [4.69, 9.17) is 4.74 Å². The van der Waals surface area contributed by atoms with E-state index in [1.807, 2.05) is 6.08 Å². The van der Waals surface area contributed by atoms with Gasteiger partial charge in [0.2, 0.25) is 0 Å². The van der Waals surface area contributed by atoms with E-state index in [2.05, 4.69) is 41.7 Å². The maximum atomic E-state index is 5.42. The van der Waals surface area contributed by atoms with Crippen molar-refractivity contribution in [3.8, 4) is 0 Å². The maximum absolute atomic E-state index is 5.42. The van der Waals surface area contributed by atoms with Crippen molar-refractivity contribution in [2.24, 2.45) is 0 Å². The number of nitrogens with zero attached hydrogens (tertiary/aromatic N) is 2. The Morgan fingerprint density at radius 1 is 1.00 bits per heavy atom. The van der Waals surface area contributed by atoms with Gasteiger partial charge < -0.3 is 13.7 Å². The van der Waals surface area contributed by atoms with Gasteiger partial charge in [-0.3, -0.25) is 0 Å². The molecule has 0 aromatic heterocycles. The second-order valence-corrected chi connectivity index (χ2v) is 6.06. The second-order valence-electron chi connectivity index (χ2n) is 6.06. The number of hydrogen-bond acceptors (Lipinski definition) is 1. The summed E-state index contributed by atoms with van der Waals surface area (Å²) >= 11 is 0. The zero-order chi connectivity index (χ0) is 13.4. The summed E-state index contributed by atoms with van der Waals surface area (Å²) in [7, 11) is 9.10. The lowest BCUT2D eigenvalue weighted by Gasteiger charge is -2.33. The van der Waals surface area contributed by atoms with Gasteiger partial charge in [0.15, 0.2) is 0 Å². The third kappa shape index (κ3) is 9.33. The minimum absolute atomic E-state index is 0.823. The van der Waals surface area contributed by atoms with Gasteiger partial charge in [0.25, 0.3) is 0 Å². The highest BCUT2D eigenvalue weighted by atomic mass is 16.5. The molecule has 17 heavy (non-hydrogen) atoms. The van der Waals surface area contributed by atoms with Crippen LogP contribution >= 0.6 is 0 Å². The monoisotopic (exact) mass is 244 g/mol. The molecule has 0 aliphatic heterocycles. The fourth-order valence-corrected chi connectivity index (χ4v) is 1.94. The Morgan fingerprint density at radius 2 is 1.59 bits per heavy atom. The fourth-order valence-electron chi connectivity index (χ4n) is 1.94. The minimum atomic E-state index is 0.823. The second kappa shape index (κ2) is 7.85. The molecule has 102 valence electrons. The summed E-state index contributed by atoms with van der Waals surface area (Å²) in [5, 5.41) is 0. The zero-order valence-corrected chi connectivity index (χ0v) is 12.5. The van der Waals surface area contributed by atoms with Gasteiger partial charge in [0.05, 0.1) is 54.4 Å². The van der Waals surface area contributed by atoms with Crippen molar-refractivity contribution in [1.82, 2.24) is 0 Å². The van der Waals surface area contributed by atoms with Crippen LogP contribution in [-0.4, -0.2) is 76.5 Å². The lowest BCUT2D eigenvalue weighted by molar-refractivity contribution is -0.907. The number of likely N-dealkylation sites (N-methyl/N-ethyl adjacent to an activating group) is 2. The Labute approximate surface area is 108 Å². The average Bonchev–Trinajstić information content (AvgIpc) is 2.16. The first-order valence-electron chi connectivity index (χ1n) is 6.65. The van der Waals surface area contributed by atoms with Crippen molar-refractivity contribution in [1.29, 1.82) is 0 Å². The van der Waals surface area contributed by atoms with Crippen molar-refractivity contribution in [2.45, 2.75) is 13.3 Å². The van der Waals surface area contributed by atoms with Gasteiger partial charge in [-0.05, 0) is 13.0 Å². The smallest absolute Gasteiger partial charge is 0.102 e. The largest absolute Gasteiger partial charge is 0.376 e. The van der Waals surface area contributed by atoms with Crippen LogP contribution < -0.4 is 0 Å².